The second kappa shape index (κ2) is 2.44. The molecule has 5 aliphatic heterocycles. The van der Waals surface area contributed by atoms with E-state index >= 15 is 0 Å². The maximum Gasteiger partial charge on any atom is 0.499 e. The standard InChI is InChI=1S/C7H10N3O4P/c11-15-12-7(13-15)2-1-5-6(10(7)14-15)3-8-4-9-5/h4-6H,1-3H2,(H,8,9). The Morgan fingerprint density at radius 2 is 2.47 bits per heavy atom. The Kier molecular flexibility index (Phi) is 1.41. The topological polar surface area (TPSA) is 72.4 Å². The van der Waals surface area contributed by atoms with Gasteiger partial charge in [-0.1, -0.05) is 0 Å². The van der Waals surface area contributed by atoms with Gasteiger partial charge in [-0.05, 0) is 6.42 Å². The number of phosphoric acid groups is 1. The van der Waals surface area contributed by atoms with E-state index in [1.54, 1.807) is 11.4 Å². The van der Waals surface area contributed by atoms with Gasteiger partial charge in [0.15, 0.2) is 0 Å². The van der Waals surface area contributed by atoms with Crippen molar-refractivity contribution in [1.29, 1.82) is 0 Å². The first-order valence-corrected chi connectivity index (χ1v) is 6.42. The number of piperidine rings is 1. The fraction of sp³-hybridized carbons (Fsp3) is 0.857. The largest absolute Gasteiger partial charge is 0.499 e. The number of nitrogens with zero attached hydrogens (tertiary/aromatic N) is 2. The van der Waals surface area contributed by atoms with Crippen LogP contribution in [0.5, 0.6) is 0 Å². The minimum Gasteiger partial charge on any atom is -0.372 e. The highest BCUT2D eigenvalue weighted by atomic mass is 31.2. The van der Waals surface area contributed by atoms with Gasteiger partial charge in [0.1, 0.15) is 0 Å². The van der Waals surface area contributed by atoms with Crippen molar-refractivity contribution < 1.29 is 18.2 Å². The zero-order valence-corrected chi connectivity index (χ0v) is 8.72. The van der Waals surface area contributed by atoms with Crippen molar-refractivity contribution in [2.75, 3.05) is 6.54 Å². The Morgan fingerprint density at radius 3 is 3.33 bits per heavy atom. The van der Waals surface area contributed by atoms with Crippen LogP contribution in [0.25, 0.3) is 0 Å². The Bertz CT molecular complexity index is 390. The fourth-order valence-electron chi connectivity index (χ4n) is 2.55. The third-order valence-electron chi connectivity index (χ3n) is 3.24. The van der Waals surface area contributed by atoms with Gasteiger partial charge in [0, 0.05) is 12.5 Å². The molecule has 4 fully saturated rings. The smallest absolute Gasteiger partial charge is 0.372 e. The predicted octanol–water partition coefficient (Wildman–Crippen LogP) is 0.205. The van der Waals surface area contributed by atoms with E-state index in [4.69, 9.17) is 13.7 Å². The minimum absolute atomic E-state index is 0.0436. The van der Waals surface area contributed by atoms with Gasteiger partial charge in [-0.3, -0.25) is 4.99 Å². The molecule has 2 unspecified atom stereocenters. The number of rotatable bonds is 0. The van der Waals surface area contributed by atoms with E-state index in [1.165, 1.54) is 0 Å². The quantitative estimate of drug-likeness (QED) is 0.600. The third-order valence-corrected chi connectivity index (χ3v) is 4.64. The molecule has 0 radical (unpaired) electrons. The number of aliphatic imine (C=N–C) groups is 1. The van der Waals surface area contributed by atoms with Crippen LogP contribution in [-0.2, 0) is 18.2 Å². The van der Waals surface area contributed by atoms with Crippen molar-refractivity contribution in [3.8, 4) is 0 Å². The summed E-state index contributed by atoms with van der Waals surface area (Å²) in [5.41, 5.74) is 0. The molecule has 0 aliphatic carbocycles. The maximum atomic E-state index is 11.5. The number of hydrogen-bond donors (Lipinski definition) is 1. The Labute approximate surface area is 86.0 Å². The molecular formula is C7H10N3O4P. The number of fused-ring (bicyclic) bond motifs is 1. The molecular weight excluding hydrogens is 221 g/mol. The van der Waals surface area contributed by atoms with E-state index in [0.29, 0.717) is 13.0 Å². The molecule has 4 saturated heterocycles. The lowest BCUT2D eigenvalue weighted by molar-refractivity contribution is -0.311. The normalized spacial score (nSPS) is 56.5. The van der Waals surface area contributed by atoms with Crippen LogP contribution in [0.1, 0.15) is 12.8 Å². The summed E-state index contributed by atoms with van der Waals surface area (Å²) >= 11 is 0. The summed E-state index contributed by atoms with van der Waals surface area (Å²) in [6.07, 6.45) is 3.28. The molecule has 5 aliphatic rings. The van der Waals surface area contributed by atoms with Gasteiger partial charge in [-0.15, -0.1) is 5.06 Å². The molecule has 82 valence electrons. The summed E-state index contributed by atoms with van der Waals surface area (Å²) in [4.78, 5) is 4.14. The molecule has 2 bridgehead atoms. The zero-order valence-electron chi connectivity index (χ0n) is 7.83. The molecule has 7 nitrogen and oxygen atoms in total. The van der Waals surface area contributed by atoms with Crippen molar-refractivity contribution in [2.45, 2.75) is 30.8 Å². The summed E-state index contributed by atoms with van der Waals surface area (Å²) in [5.74, 6) is -0.884. The minimum atomic E-state index is -3.23. The van der Waals surface area contributed by atoms with Crippen molar-refractivity contribution in [1.82, 2.24) is 10.4 Å². The first-order chi connectivity index (χ1) is 7.21. The molecule has 0 aromatic rings. The predicted molar refractivity (Wildman–Crippen MR) is 48.7 cm³/mol. The van der Waals surface area contributed by atoms with Crippen LogP contribution >= 0.6 is 7.82 Å². The highest BCUT2D eigenvalue weighted by molar-refractivity contribution is 7.50. The average molecular weight is 231 g/mol. The van der Waals surface area contributed by atoms with Gasteiger partial charge < -0.3 is 5.32 Å². The second-order valence-corrected chi connectivity index (χ2v) is 5.55. The maximum absolute atomic E-state index is 11.5. The van der Waals surface area contributed by atoms with E-state index < -0.39 is 13.7 Å². The summed E-state index contributed by atoms with van der Waals surface area (Å²) in [5, 5.41) is 4.76. The summed E-state index contributed by atoms with van der Waals surface area (Å²) in [6.45, 7) is 0.617. The molecule has 0 aromatic carbocycles. The van der Waals surface area contributed by atoms with Crippen LogP contribution in [0.2, 0.25) is 0 Å². The van der Waals surface area contributed by atoms with Crippen molar-refractivity contribution in [3.05, 3.63) is 0 Å². The van der Waals surface area contributed by atoms with Crippen molar-refractivity contribution >= 4 is 14.2 Å². The van der Waals surface area contributed by atoms with Crippen LogP contribution in [-0.4, -0.2) is 35.9 Å². The molecule has 15 heavy (non-hydrogen) atoms. The van der Waals surface area contributed by atoms with Gasteiger partial charge in [0.25, 0.3) is 5.91 Å². The summed E-state index contributed by atoms with van der Waals surface area (Å²) in [6, 6.07) is 0.314. The van der Waals surface area contributed by atoms with E-state index in [9.17, 15) is 4.57 Å². The molecule has 1 spiro atoms. The Balaban J connectivity index is 1.71. The van der Waals surface area contributed by atoms with Crippen molar-refractivity contribution in [2.24, 2.45) is 4.99 Å². The molecule has 1 N–H and O–H groups in total. The number of phosphoric ester groups is 1. The Morgan fingerprint density at radius 1 is 1.60 bits per heavy atom. The lowest BCUT2D eigenvalue weighted by atomic mass is 9.95. The van der Waals surface area contributed by atoms with Gasteiger partial charge in [-0.2, -0.15) is 4.62 Å². The first-order valence-electron chi connectivity index (χ1n) is 4.96. The molecule has 0 saturated carbocycles. The van der Waals surface area contributed by atoms with Gasteiger partial charge in [-0.25, -0.2) is 13.6 Å². The highest BCUT2D eigenvalue weighted by Gasteiger charge is 2.74. The molecule has 0 amide bonds. The zero-order chi connectivity index (χ0) is 10.1. The van der Waals surface area contributed by atoms with Crippen molar-refractivity contribution in [3.63, 3.8) is 0 Å². The molecule has 2 atom stereocenters. The van der Waals surface area contributed by atoms with Gasteiger partial charge in [0.05, 0.1) is 18.9 Å². The van der Waals surface area contributed by atoms with Crippen LogP contribution in [0.4, 0.5) is 0 Å². The summed E-state index contributed by atoms with van der Waals surface area (Å²) < 4.78 is 27.2. The third kappa shape index (κ3) is 0.951. The lowest BCUT2D eigenvalue weighted by Crippen LogP contribution is -2.64. The van der Waals surface area contributed by atoms with Crippen LogP contribution in [0, 0.1) is 0 Å². The average Bonchev–Trinajstić information content (AvgIpc) is 2.65. The second-order valence-electron chi connectivity index (χ2n) is 4.12. The summed E-state index contributed by atoms with van der Waals surface area (Å²) in [7, 11) is -3.23. The first kappa shape index (κ1) is 8.66. The van der Waals surface area contributed by atoms with E-state index in [0.717, 1.165) is 6.42 Å². The fourth-order valence-corrected chi connectivity index (χ4v) is 4.14. The molecule has 5 rings (SSSR count). The van der Waals surface area contributed by atoms with Crippen LogP contribution in [0.3, 0.4) is 0 Å². The van der Waals surface area contributed by atoms with E-state index in [2.05, 4.69) is 10.3 Å². The lowest BCUT2D eigenvalue weighted by Gasteiger charge is -2.45. The number of hydrogen-bond acceptors (Lipinski definition) is 7. The SMILES string of the molecule is O=P12ON3C4CN=CNC4CCC3(O1)O2. The number of hydroxylamine groups is 2. The molecule has 5 heterocycles. The van der Waals surface area contributed by atoms with Gasteiger partial charge >= 0.3 is 7.82 Å². The monoisotopic (exact) mass is 231 g/mol. The van der Waals surface area contributed by atoms with Crippen LogP contribution < -0.4 is 5.32 Å². The molecule has 0 aromatic heterocycles. The van der Waals surface area contributed by atoms with E-state index in [-0.39, 0.29) is 12.1 Å². The molecule has 8 heteroatoms. The Hall–Kier alpha value is -0.460. The van der Waals surface area contributed by atoms with Crippen LogP contribution in [0.15, 0.2) is 4.99 Å². The highest BCUT2D eigenvalue weighted by Crippen LogP contribution is 2.75. The number of nitrogens with one attached hydrogen (secondary N) is 1. The van der Waals surface area contributed by atoms with Gasteiger partial charge in [0.2, 0.25) is 0 Å². The van der Waals surface area contributed by atoms with E-state index in [1.807, 2.05) is 0 Å².